The van der Waals surface area contributed by atoms with E-state index in [4.69, 9.17) is 4.74 Å². The summed E-state index contributed by atoms with van der Waals surface area (Å²) >= 11 is 0.307. The zero-order valence-corrected chi connectivity index (χ0v) is 13.7. The Morgan fingerprint density at radius 3 is 2.64 bits per heavy atom. The predicted octanol–water partition coefficient (Wildman–Crippen LogP) is 3.09. The van der Waals surface area contributed by atoms with Crippen molar-refractivity contribution in [1.82, 2.24) is 0 Å². The fourth-order valence-electron chi connectivity index (χ4n) is 3.21. The van der Waals surface area contributed by atoms with E-state index in [2.05, 4.69) is 42.5 Å². The van der Waals surface area contributed by atoms with Crippen LogP contribution in [0.5, 0.6) is 0 Å². The summed E-state index contributed by atoms with van der Waals surface area (Å²) in [5.74, 6) is 0.0410. The molecule has 0 saturated heterocycles. The number of hydrogen-bond donors (Lipinski definition) is 0. The molecule has 2 aromatic rings. The van der Waals surface area contributed by atoms with Gasteiger partial charge in [0.1, 0.15) is 0 Å². The van der Waals surface area contributed by atoms with Crippen LogP contribution in [0.4, 0.5) is 0 Å². The molecule has 4 rings (SSSR count). The van der Waals surface area contributed by atoms with Gasteiger partial charge in [-0.1, -0.05) is 0 Å². The van der Waals surface area contributed by atoms with Crippen LogP contribution in [-0.4, -0.2) is 27.0 Å². The van der Waals surface area contributed by atoms with E-state index in [0.717, 1.165) is 17.5 Å². The summed E-state index contributed by atoms with van der Waals surface area (Å²) < 4.78 is 7.19. The number of allylic oxidation sites excluding steroid dienone is 1. The quantitative estimate of drug-likeness (QED) is 0.470. The maximum atomic E-state index is 12.3. The van der Waals surface area contributed by atoms with E-state index in [-0.39, 0.29) is 18.0 Å². The Balaban J connectivity index is 1.66. The van der Waals surface area contributed by atoms with Crippen molar-refractivity contribution in [2.45, 2.75) is 23.3 Å². The monoisotopic (exact) mass is 356 g/mol. The van der Waals surface area contributed by atoms with Crippen molar-refractivity contribution in [2.24, 2.45) is 0 Å². The second-order valence-electron chi connectivity index (χ2n) is 5.62. The van der Waals surface area contributed by atoms with Gasteiger partial charge in [-0.3, -0.25) is 0 Å². The van der Waals surface area contributed by atoms with Crippen molar-refractivity contribution in [3.63, 3.8) is 0 Å². The third-order valence-electron chi connectivity index (χ3n) is 4.25. The van der Waals surface area contributed by atoms with Crippen LogP contribution in [0.2, 0.25) is 4.82 Å². The van der Waals surface area contributed by atoms with Gasteiger partial charge in [0.25, 0.3) is 0 Å². The molecule has 1 heterocycles. The average molecular weight is 355 g/mol. The number of benzene rings is 2. The molecule has 1 aliphatic heterocycles. The standard InChI is InChI=1S/C19H16O2Se/c20-19-16-10-5-4-9-14(16)15-11-6-12-17(18(15)21-19)22-13-7-2-1-3-8-13/h1-11,15,17-18H,12H2/t15-,17+,18+/m0/s1. The van der Waals surface area contributed by atoms with Gasteiger partial charge >= 0.3 is 136 Å². The third-order valence-corrected chi connectivity index (χ3v) is 6.99. The van der Waals surface area contributed by atoms with Gasteiger partial charge in [0.15, 0.2) is 0 Å². The van der Waals surface area contributed by atoms with Crippen LogP contribution in [-0.2, 0) is 4.74 Å². The topological polar surface area (TPSA) is 26.3 Å². The fourth-order valence-corrected chi connectivity index (χ4v) is 5.79. The van der Waals surface area contributed by atoms with Crippen molar-refractivity contribution >= 4 is 25.4 Å². The molecule has 3 atom stereocenters. The molecule has 2 aromatic carbocycles. The molecule has 0 spiro atoms. The van der Waals surface area contributed by atoms with Crippen LogP contribution in [0, 0.1) is 0 Å². The second-order valence-corrected chi connectivity index (χ2v) is 8.37. The van der Waals surface area contributed by atoms with Gasteiger partial charge in [0, 0.05) is 0 Å². The van der Waals surface area contributed by atoms with Crippen molar-refractivity contribution in [1.29, 1.82) is 0 Å². The summed E-state index contributed by atoms with van der Waals surface area (Å²) in [6, 6.07) is 18.4. The normalized spacial score (nSPS) is 26.0. The number of hydrogen-bond acceptors (Lipinski definition) is 2. The maximum absolute atomic E-state index is 12.3. The average Bonchev–Trinajstić information content (AvgIpc) is 2.57. The summed E-state index contributed by atoms with van der Waals surface area (Å²) in [6.45, 7) is 0. The Morgan fingerprint density at radius 2 is 1.77 bits per heavy atom. The molecular formula is C19H16O2Se. The van der Waals surface area contributed by atoms with E-state index in [1.54, 1.807) is 0 Å². The molecule has 1 aliphatic carbocycles. The molecule has 0 N–H and O–H groups in total. The van der Waals surface area contributed by atoms with Crippen LogP contribution >= 0.6 is 0 Å². The molecular weight excluding hydrogens is 339 g/mol. The van der Waals surface area contributed by atoms with Gasteiger partial charge < -0.3 is 0 Å². The summed E-state index contributed by atoms with van der Waals surface area (Å²) in [5.41, 5.74) is 1.84. The van der Waals surface area contributed by atoms with Crippen molar-refractivity contribution in [3.8, 4) is 0 Å². The number of carbonyl (C=O) groups is 1. The predicted molar refractivity (Wildman–Crippen MR) is 87.7 cm³/mol. The third kappa shape index (κ3) is 2.41. The van der Waals surface area contributed by atoms with Gasteiger partial charge in [0.05, 0.1) is 0 Å². The first kappa shape index (κ1) is 13.8. The van der Waals surface area contributed by atoms with Crippen LogP contribution < -0.4 is 4.46 Å². The first-order valence-corrected chi connectivity index (χ1v) is 9.36. The number of fused-ring (bicyclic) bond motifs is 3. The van der Waals surface area contributed by atoms with Crippen molar-refractivity contribution in [3.05, 3.63) is 77.9 Å². The van der Waals surface area contributed by atoms with Crippen LogP contribution in [0.15, 0.2) is 66.7 Å². The van der Waals surface area contributed by atoms with Crippen molar-refractivity contribution in [2.75, 3.05) is 0 Å². The molecule has 0 bridgehead atoms. The van der Waals surface area contributed by atoms with E-state index >= 15 is 0 Å². The molecule has 0 amide bonds. The molecule has 0 fully saturated rings. The summed E-state index contributed by atoms with van der Waals surface area (Å²) in [5, 5.41) is 0. The number of carbonyl (C=O) groups excluding carboxylic acids is 1. The number of rotatable bonds is 2. The Hall–Kier alpha value is -1.83. The number of esters is 1. The summed E-state index contributed by atoms with van der Waals surface area (Å²) in [6.07, 6.45) is 5.44. The molecule has 2 aliphatic rings. The molecule has 2 nitrogen and oxygen atoms in total. The zero-order valence-electron chi connectivity index (χ0n) is 12.0. The van der Waals surface area contributed by atoms with Gasteiger partial charge in [-0.2, -0.15) is 0 Å². The SMILES string of the molecule is O=C1O[C@H]2[C@H]([Se]c3ccccc3)CC=C[C@H]2c2ccccc21. The minimum atomic E-state index is -0.166. The van der Waals surface area contributed by atoms with Crippen LogP contribution in [0.3, 0.4) is 0 Å². The van der Waals surface area contributed by atoms with E-state index in [1.165, 1.54) is 4.46 Å². The summed E-state index contributed by atoms with van der Waals surface area (Å²) in [4.78, 5) is 12.7. The fraction of sp³-hybridized carbons (Fsp3) is 0.211. The van der Waals surface area contributed by atoms with Gasteiger partial charge in [-0.25, -0.2) is 0 Å². The van der Waals surface area contributed by atoms with Gasteiger partial charge in [-0.15, -0.1) is 0 Å². The molecule has 0 radical (unpaired) electrons. The van der Waals surface area contributed by atoms with E-state index in [1.807, 2.05) is 24.3 Å². The Bertz CT molecular complexity index is 723. The van der Waals surface area contributed by atoms with Gasteiger partial charge in [0.2, 0.25) is 0 Å². The molecule has 3 heteroatoms. The Morgan fingerprint density at radius 1 is 1.00 bits per heavy atom. The molecule has 110 valence electrons. The number of ether oxygens (including phenoxy) is 1. The first-order valence-electron chi connectivity index (χ1n) is 7.51. The second kappa shape index (κ2) is 5.75. The Kier molecular flexibility index (Phi) is 3.61. The van der Waals surface area contributed by atoms with E-state index in [9.17, 15) is 4.79 Å². The van der Waals surface area contributed by atoms with Crippen LogP contribution in [0.1, 0.15) is 28.3 Å². The van der Waals surface area contributed by atoms with Gasteiger partial charge in [-0.05, 0) is 0 Å². The van der Waals surface area contributed by atoms with Crippen molar-refractivity contribution < 1.29 is 9.53 Å². The molecule has 0 unspecified atom stereocenters. The zero-order chi connectivity index (χ0) is 14.9. The van der Waals surface area contributed by atoms with Crippen LogP contribution in [0.25, 0.3) is 0 Å². The van der Waals surface area contributed by atoms with E-state index < -0.39 is 0 Å². The van der Waals surface area contributed by atoms with E-state index in [0.29, 0.717) is 19.8 Å². The molecule has 22 heavy (non-hydrogen) atoms. The molecule has 0 saturated carbocycles. The summed E-state index contributed by atoms with van der Waals surface area (Å²) in [7, 11) is 0. The minimum absolute atomic E-state index is 0.0207. The molecule has 0 aromatic heterocycles. The Labute approximate surface area is 136 Å². The first-order chi connectivity index (χ1) is 10.8.